The van der Waals surface area contributed by atoms with Crippen molar-refractivity contribution >= 4 is 23.9 Å². The Bertz CT molecular complexity index is 1910. The topological polar surface area (TPSA) is 171 Å². The van der Waals surface area contributed by atoms with Crippen LogP contribution in [0.15, 0.2) is 97.1 Å². The summed E-state index contributed by atoms with van der Waals surface area (Å²) in [6.07, 6.45) is -1.85. The SMILES string of the molecule is COc1cccc(-c2cccc(OCC(CN(C)C)OC(=O)CCC(=O)O)c2)c1.COc1ccccc1-c1cccc(OCC(CN(C)C)OC(=O)CCC(=O)O)c1. The fourth-order valence-corrected chi connectivity index (χ4v) is 5.55. The second-order valence-electron chi connectivity index (χ2n) is 13.6. The molecule has 14 heteroatoms. The van der Waals surface area contributed by atoms with Gasteiger partial charge in [0.2, 0.25) is 0 Å². The lowest BCUT2D eigenvalue weighted by Gasteiger charge is -2.22. The van der Waals surface area contributed by atoms with E-state index in [1.807, 2.05) is 135 Å². The van der Waals surface area contributed by atoms with Crippen LogP contribution in [0.25, 0.3) is 22.3 Å². The predicted octanol–water partition coefficient (Wildman–Crippen LogP) is 6.16. The van der Waals surface area contributed by atoms with Gasteiger partial charge in [0.25, 0.3) is 0 Å². The van der Waals surface area contributed by atoms with Gasteiger partial charge in [-0.3, -0.25) is 19.2 Å². The fraction of sp³-hybridized carbons (Fsp3) is 0.364. The monoisotopic (exact) mass is 802 g/mol. The molecule has 2 atom stereocenters. The number of methoxy groups -OCH3 is 2. The number of ether oxygens (including phenoxy) is 6. The second-order valence-corrected chi connectivity index (χ2v) is 13.6. The first-order chi connectivity index (χ1) is 27.8. The van der Waals surface area contributed by atoms with Crippen molar-refractivity contribution in [3.05, 3.63) is 97.1 Å². The molecule has 0 aliphatic rings. The number of para-hydroxylation sites is 1. The summed E-state index contributed by atoms with van der Waals surface area (Å²) in [4.78, 5) is 48.8. The summed E-state index contributed by atoms with van der Waals surface area (Å²) >= 11 is 0. The number of benzene rings is 4. The highest BCUT2D eigenvalue weighted by molar-refractivity contribution is 5.77. The number of carbonyl (C=O) groups excluding carboxylic acids is 2. The average Bonchev–Trinajstić information content (AvgIpc) is 3.20. The van der Waals surface area contributed by atoms with E-state index in [1.165, 1.54) is 0 Å². The van der Waals surface area contributed by atoms with Crippen LogP contribution in [-0.4, -0.2) is 125 Å². The van der Waals surface area contributed by atoms with Gasteiger partial charge in [0.1, 0.15) is 48.4 Å². The van der Waals surface area contributed by atoms with E-state index in [9.17, 15) is 19.2 Å². The van der Waals surface area contributed by atoms with Crippen LogP contribution in [0.2, 0.25) is 0 Å². The van der Waals surface area contributed by atoms with Gasteiger partial charge in [-0.15, -0.1) is 0 Å². The zero-order valence-electron chi connectivity index (χ0n) is 33.9. The smallest absolute Gasteiger partial charge is 0.306 e. The molecule has 0 aliphatic carbocycles. The van der Waals surface area contributed by atoms with E-state index in [2.05, 4.69) is 0 Å². The van der Waals surface area contributed by atoms with Gasteiger partial charge >= 0.3 is 23.9 Å². The van der Waals surface area contributed by atoms with Gasteiger partial charge in [-0.1, -0.05) is 54.6 Å². The molecule has 0 bridgehead atoms. The molecule has 4 aromatic carbocycles. The van der Waals surface area contributed by atoms with Crippen LogP contribution >= 0.6 is 0 Å². The van der Waals surface area contributed by atoms with Gasteiger partial charge in [-0.05, 0) is 87.3 Å². The summed E-state index contributed by atoms with van der Waals surface area (Å²) in [6, 6.07) is 30.6. The van der Waals surface area contributed by atoms with Crippen LogP contribution in [0.3, 0.4) is 0 Å². The summed E-state index contributed by atoms with van der Waals surface area (Å²) in [5.41, 5.74) is 3.87. The first-order valence-electron chi connectivity index (χ1n) is 18.6. The summed E-state index contributed by atoms with van der Waals surface area (Å²) < 4.78 is 33.2. The summed E-state index contributed by atoms with van der Waals surface area (Å²) in [7, 11) is 10.7. The predicted molar refractivity (Wildman–Crippen MR) is 218 cm³/mol. The molecule has 0 aliphatic heterocycles. The Kier molecular flexibility index (Phi) is 19.5. The van der Waals surface area contributed by atoms with E-state index in [-0.39, 0.29) is 38.9 Å². The van der Waals surface area contributed by atoms with Crippen molar-refractivity contribution < 1.29 is 57.8 Å². The number of rotatable bonds is 22. The summed E-state index contributed by atoms with van der Waals surface area (Å²) in [5, 5.41) is 17.4. The number of hydrogen-bond donors (Lipinski definition) is 2. The lowest BCUT2D eigenvalue weighted by Crippen LogP contribution is -2.35. The molecule has 0 saturated carbocycles. The van der Waals surface area contributed by atoms with Crippen LogP contribution < -0.4 is 18.9 Å². The van der Waals surface area contributed by atoms with Gasteiger partial charge in [-0.25, -0.2) is 0 Å². The molecule has 0 amide bonds. The minimum Gasteiger partial charge on any atom is -0.497 e. The molecule has 0 saturated heterocycles. The van der Waals surface area contributed by atoms with Crippen molar-refractivity contribution in [1.82, 2.24) is 9.80 Å². The van der Waals surface area contributed by atoms with Crippen molar-refractivity contribution in [3.8, 4) is 45.3 Å². The minimum absolute atomic E-state index is 0.159. The molecule has 58 heavy (non-hydrogen) atoms. The lowest BCUT2D eigenvalue weighted by molar-refractivity contribution is -0.154. The number of carboxylic acid groups (broad SMARTS) is 2. The molecule has 0 aromatic heterocycles. The molecule has 312 valence electrons. The molecule has 0 heterocycles. The normalized spacial score (nSPS) is 11.7. The van der Waals surface area contributed by atoms with E-state index >= 15 is 0 Å². The molecule has 0 radical (unpaired) electrons. The molecule has 4 aromatic rings. The Morgan fingerprint density at radius 1 is 0.534 bits per heavy atom. The third-order valence-electron chi connectivity index (χ3n) is 8.18. The Morgan fingerprint density at radius 3 is 1.41 bits per heavy atom. The van der Waals surface area contributed by atoms with E-state index in [1.54, 1.807) is 14.2 Å². The number of carboxylic acids is 2. The zero-order chi connectivity index (χ0) is 42.5. The number of likely N-dealkylation sites (N-methyl/N-ethyl adjacent to an activating group) is 2. The Labute approximate surface area is 339 Å². The highest BCUT2D eigenvalue weighted by atomic mass is 16.6. The van der Waals surface area contributed by atoms with E-state index in [0.29, 0.717) is 24.6 Å². The number of aliphatic carboxylic acids is 2. The van der Waals surface area contributed by atoms with Gasteiger partial charge < -0.3 is 48.4 Å². The Hall–Kier alpha value is -6.12. The van der Waals surface area contributed by atoms with Gasteiger partial charge in [0.15, 0.2) is 0 Å². The fourth-order valence-electron chi connectivity index (χ4n) is 5.55. The van der Waals surface area contributed by atoms with E-state index in [0.717, 1.165) is 33.8 Å². The molecule has 2 N–H and O–H groups in total. The molecule has 0 fully saturated rings. The van der Waals surface area contributed by atoms with E-state index < -0.39 is 36.1 Å². The number of carbonyl (C=O) groups is 4. The molecule has 0 spiro atoms. The second kappa shape index (κ2) is 24.5. The van der Waals surface area contributed by atoms with Crippen molar-refractivity contribution in [2.24, 2.45) is 0 Å². The maximum atomic E-state index is 11.9. The van der Waals surface area contributed by atoms with Crippen molar-refractivity contribution in [2.75, 3.05) is 68.7 Å². The van der Waals surface area contributed by atoms with Gasteiger partial charge in [0.05, 0.1) is 39.9 Å². The standard InChI is InChI=1S/2C22H27NO6/c1-23(2)14-20(29-22(26)11-10-21(24)25)15-28-19-9-5-7-17(13-19)16-6-4-8-18(12-16)27-3;1-23(2)14-18(29-22(26)12-11-21(24)25)15-28-17-8-6-7-16(13-17)19-9-4-5-10-20(19)27-3/h4-9,12-13,20H,10-11,14-15H2,1-3H3,(H,24,25);4-10,13,18H,11-12,14-15H2,1-3H3,(H,24,25). The first-order valence-corrected chi connectivity index (χ1v) is 18.6. The highest BCUT2D eigenvalue weighted by Gasteiger charge is 2.19. The third-order valence-corrected chi connectivity index (χ3v) is 8.18. The van der Waals surface area contributed by atoms with Crippen LogP contribution in [0, 0.1) is 0 Å². The van der Waals surface area contributed by atoms with Crippen LogP contribution in [0.4, 0.5) is 0 Å². The van der Waals surface area contributed by atoms with E-state index in [4.69, 9.17) is 38.6 Å². The molecule has 2 unspecified atom stereocenters. The van der Waals surface area contributed by atoms with Crippen LogP contribution in [-0.2, 0) is 28.7 Å². The maximum absolute atomic E-state index is 11.9. The van der Waals surface area contributed by atoms with Gasteiger partial charge in [0, 0.05) is 18.7 Å². The van der Waals surface area contributed by atoms with Crippen molar-refractivity contribution in [3.63, 3.8) is 0 Å². The van der Waals surface area contributed by atoms with Crippen molar-refractivity contribution in [1.29, 1.82) is 0 Å². The minimum atomic E-state index is -1.03. The molecular weight excluding hydrogens is 748 g/mol. The van der Waals surface area contributed by atoms with Crippen LogP contribution in [0.5, 0.6) is 23.0 Å². The zero-order valence-corrected chi connectivity index (χ0v) is 33.9. The molecular formula is C44H54N2O12. The number of nitrogens with zero attached hydrogens (tertiary/aromatic N) is 2. The lowest BCUT2D eigenvalue weighted by atomic mass is 10.0. The highest BCUT2D eigenvalue weighted by Crippen LogP contribution is 2.32. The molecule has 14 nitrogen and oxygen atoms in total. The maximum Gasteiger partial charge on any atom is 0.306 e. The average molecular weight is 803 g/mol. The molecule has 4 rings (SSSR count). The van der Waals surface area contributed by atoms with Crippen molar-refractivity contribution in [2.45, 2.75) is 37.9 Å². The Balaban J connectivity index is 0.000000310. The summed E-state index contributed by atoms with van der Waals surface area (Å²) in [6.45, 7) is 1.25. The summed E-state index contributed by atoms with van der Waals surface area (Å²) in [5.74, 6) is -0.337. The Morgan fingerprint density at radius 2 is 0.966 bits per heavy atom. The number of hydrogen-bond acceptors (Lipinski definition) is 12. The largest absolute Gasteiger partial charge is 0.497 e. The number of esters is 2. The third kappa shape index (κ3) is 17.3. The van der Waals surface area contributed by atoms with Crippen LogP contribution in [0.1, 0.15) is 25.7 Å². The first kappa shape index (κ1) is 46.3. The van der Waals surface area contributed by atoms with Gasteiger partial charge in [-0.2, -0.15) is 0 Å². The quantitative estimate of drug-likeness (QED) is 0.0867.